The summed E-state index contributed by atoms with van der Waals surface area (Å²) in [6.07, 6.45) is 4.76. The van der Waals surface area contributed by atoms with Crippen molar-refractivity contribution in [3.8, 4) is 11.3 Å². The maximum absolute atomic E-state index is 15.3. The molecule has 4 aliphatic rings. The van der Waals surface area contributed by atoms with Crippen LogP contribution in [0.2, 0.25) is 0 Å². The maximum Gasteiger partial charge on any atom is 0.265 e. The zero-order valence-corrected chi connectivity index (χ0v) is 33.9. The van der Waals surface area contributed by atoms with E-state index in [0.29, 0.717) is 35.3 Å². The summed E-state index contributed by atoms with van der Waals surface area (Å²) in [7, 11) is 0. The number of pyridine rings is 1. The summed E-state index contributed by atoms with van der Waals surface area (Å²) >= 11 is 0. The van der Waals surface area contributed by atoms with E-state index in [0.717, 1.165) is 68.9 Å². The average Bonchev–Trinajstić information content (AvgIpc) is 3.71. The van der Waals surface area contributed by atoms with E-state index in [1.165, 1.54) is 12.1 Å². The highest BCUT2D eigenvalue weighted by Gasteiger charge is 2.46. The number of halogens is 3. The number of nitrogens with zero attached hydrogens (tertiary/aromatic N) is 9. The monoisotopic (exact) mass is 835 g/mol. The van der Waals surface area contributed by atoms with Crippen molar-refractivity contribution in [1.82, 2.24) is 44.5 Å². The lowest BCUT2D eigenvalue weighted by Crippen LogP contribution is -2.54. The summed E-state index contributed by atoms with van der Waals surface area (Å²) < 4.78 is 47.5. The molecule has 0 radical (unpaired) electrons. The maximum atomic E-state index is 15.3. The number of nitrogens with one attached hydrogen (secondary N) is 2. The fraction of sp³-hybridized carbons (Fsp3) is 0.395. The Hall–Kier alpha value is -6.27. The Morgan fingerprint density at radius 1 is 0.836 bits per heavy atom. The predicted molar refractivity (Wildman–Crippen MR) is 218 cm³/mol. The van der Waals surface area contributed by atoms with Crippen LogP contribution < -0.4 is 15.5 Å². The lowest BCUT2D eigenvalue weighted by atomic mass is 10.0. The minimum Gasteiger partial charge on any atom is -0.370 e. The number of aryl methyl sites for hydroxylation is 1. The molecule has 0 spiro atoms. The van der Waals surface area contributed by atoms with Gasteiger partial charge in [-0.15, -0.1) is 0 Å². The Morgan fingerprint density at radius 2 is 1.61 bits per heavy atom. The molecule has 18 heteroatoms. The Kier molecular flexibility index (Phi) is 10.5. The smallest absolute Gasteiger partial charge is 0.265 e. The number of piperidine rings is 2. The number of imidazole rings is 1. The van der Waals surface area contributed by atoms with Crippen LogP contribution in [0.4, 0.5) is 30.6 Å². The molecule has 5 aromatic rings. The molecule has 0 aliphatic carbocycles. The molecule has 2 aromatic carbocycles. The molecule has 3 saturated heterocycles. The van der Waals surface area contributed by atoms with Crippen molar-refractivity contribution in [2.75, 3.05) is 49.5 Å². The molecule has 3 aromatic heterocycles. The highest BCUT2D eigenvalue weighted by Crippen LogP contribution is 2.33. The molecule has 9 rings (SSSR count). The van der Waals surface area contributed by atoms with Crippen molar-refractivity contribution < 1.29 is 32.3 Å². The standard InChI is InChI=1S/C43H44F3N11O4/c1-23(2)56-24(3)49-39-31(45)18-26(19-34(39)56)38-32(46)21-48-43(52-38)50-35-6-4-28(20-47-35)54-10-8-27(9-11-54)55-14-12-53(13-15-55)22-25-16-29-37(30(44)17-25)42(61)57(41(29)60)33-5-7-36(58)51-40(33)59/h4,6,16-21,23,27,33H,5,7-15,22H2,1-3H3,(H,51,58,59)(H,47,48,50,52). The summed E-state index contributed by atoms with van der Waals surface area (Å²) in [4.78, 5) is 75.6. The quantitative estimate of drug-likeness (QED) is 0.189. The van der Waals surface area contributed by atoms with Gasteiger partial charge in [0.05, 0.1) is 34.7 Å². The van der Waals surface area contributed by atoms with Gasteiger partial charge >= 0.3 is 0 Å². The van der Waals surface area contributed by atoms with E-state index in [9.17, 15) is 19.2 Å². The minimum absolute atomic E-state index is 0.00578. The number of fused-ring (bicyclic) bond motifs is 2. The molecular formula is C43H44F3N11O4. The molecule has 7 heterocycles. The summed E-state index contributed by atoms with van der Waals surface area (Å²) in [5.41, 5.74) is 2.18. The van der Waals surface area contributed by atoms with E-state index in [2.05, 4.69) is 45.3 Å². The lowest BCUT2D eigenvalue weighted by Gasteiger charge is -2.43. The number of imide groups is 2. The Balaban J connectivity index is 0.774. The second kappa shape index (κ2) is 16.0. The first kappa shape index (κ1) is 40.2. The fourth-order valence-electron chi connectivity index (χ4n) is 9.18. The van der Waals surface area contributed by atoms with Crippen LogP contribution in [0.3, 0.4) is 0 Å². The number of rotatable bonds is 9. The summed E-state index contributed by atoms with van der Waals surface area (Å²) in [6.45, 7) is 11.0. The molecule has 4 amide bonds. The largest absolute Gasteiger partial charge is 0.370 e. The number of carbonyl (C=O) groups excluding carboxylic acids is 4. The van der Waals surface area contributed by atoms with E-state index in [4.69, 9.17) is 0 Å². The van der Waals surface area contributed by atoms with Crippen LogP contribution in [-0.2, 0) is 16.1 Å². The van der Waals surface area contributed by atoms with E-state index in [-0.39, 0.29) is 52.7 Å². The molecular weight excluding hydrogens is 792 g/mol. The van der Waals surface area contributed by atoms with Gasteiger partial charge in [0.1, 0.15) is 34.7 Å². The van der Waals surface area contributed by atoms with Crippen LogP contribution in [0.15, 0.2) is 48.8 Å². The van der Waals surface area contributed by atoms with Crippen molar-refractivity contribution >= 4 is 52.1 Å². The molecule has 4 aliphatic heterocycles. The number of hydrogen-bond donors (Lipinski definition) is 2. The summed E-state index contributed by atoms with van der Waals surface area (Å²) in [6, 6.07) is 8.84. The Morgan fingerprint density at radius 3 is 2.31 bits per heavy atom. The molecule has 0 saturated carbocycles. The van der Waals surface area contributed by atoms with Gasteiger partial charge in [-0.05, 0) is 82.0 Å². The third-order valence-corrected chi connectivity index (χ3v) is 12.2. The van der Waals surface area contributed by atoms with Crippen molar-refractivity contribution in [1.29, 1.82) is 0 Å². The lowest BCUT2D eigenvalue weighted by molar-refractivity contribution is -0.136. The molecule has 0 bridgehead atoms. The molecule has 15 nitrogen and oxygen atoms in total. The average molecular weight is 836 g/mol. The van der Waals surface area contributed by atoms with Crippen LogP contribution in [0.5, 0.6) is 0 Å². The SMILES string of the molecule is Cc1nc2c(F)cc(-c3nc(Nc4ccc(N5CCC(N6CCN(Cc7cc(F)c8c(c7)C(=O)N(C7CCC(=O)NC7=O)C8=O)CC6)CC5)cn4)ncc3F)cc2n1C(C)C. The Labute approximate surface area is 349 Å². The van der Waals surface area contributed by atoms with E-state index in [1.54, 1.807) is 18.3 Å². The predicted octanol–water partition coefficient (Wildman–Crippen LogP) is 5.13. The van der Waals surface area contributed by atoms with Gasteiger partial charge in [-0.1, -0.05) is 0 Å². The molecule has 1 atom stereocenters. The molecule has 61 heavy (non-hydrogen) atoms. The van der Waals surface area contributed by atoms with Crippen LogP contribution in [-0.4, -0.2) is 114 Å². The summed E-state index contributed by atoms with van der Waals surface area (Å²) in [5.74, 6) is -3.56. The van der Waals surface area contributed by atoms with E-state index < -0.39 is 47.1 Å². The zero-order chi connectivity index (χ0) is 42.7. The second-order valence-corrected chi connectivity index (χ2v) is 16.3. The number of piperazine rings is 1. The first-order chi connectivity index (χ1) is 29.3. The molecule has 3 fully saturated rings. The molecule has 316 valence electrons. The number of aromatic nitrogens is 5. The van der Waals surface area contributed by atoms with Crippen LogP contribution >= 0.6 is 0 Å². The van der Waals surface area contributed by atoms with Crippen molar-refractivity contribution in [2.45, 2.75) is 71.1 Å². The van der Waals surface area contributed by atoms with Gasteiger partial charge in [0.25, 0.3) is 11.8 Å². The van der Waals surface area contributed by atoms with Crippen molar-refractivity contribution in [3.05, 3.63) is 88.8 Å². The van der Waals surface area contributed by atoms with Gasteiger partial charge in [0, 0.05) is 69.9 Å². The third-order valence-electron chi connectivity index (χ3n) is 12.2. The van der Waals surface area contributed by atoms with E-state index >= 15 is 13.2 Å². The van der Waals surface area contributed by atoms with E-state index in [1.807, 2.05) is 37.5 Å². The van der Waals surface area contributed by atoms with Crippen LogP contribution in [0.1, 0.15) is 77.7 Å². The first-order valence-corrected chi connectivity index (χ1v) is 20.5. The highest BCUT2D eigenvalue weighted by molar-refractivity contribution is 6.23. The van der Waals surface area contributed by atoms with Gasteiger partial charge in [0.2, 0.25) is 17.8 Å². The third kappa shape index (κ3) is 7.58. The van der Waals surface area contributed by atoms with Gasteiger partial charge in [0.15, 0.2) is 11.6 Å². The highest BCUT2D eigenvalue weighted by atomic mass is 19.1. The number of carbonyl (C=O) groups is 4. The van der Waals surface area contributed by atoms with Gasteiger partial charge in [-0.25, -0.2) is 33.1 Å². The normalized spacial score (nSPS) is 19.4. The van der Waals surface area contributed by atoms with Crippen molar-refractivity contribution in [3.63, 3.8) is 0 Å². The van der Waals surface area contributed by atoms with Gasteiger partial charge in [-0.2, -0.15) is 0 Å². The number of hydrogen-bond acceptors (Lipinski definition) is 12. The Bertz CT molecular complexity index is 2580. The number of anilines is 3. The fourth-order valence-corrected chi connectivity index (χ4v) is 9.18. The number of amides is 4. The van der Waals surface area contributed by atoms with Gasteiger partial charge < -0.3 is 14.8 Å². The topological polar surface area (TPSA) is 162 Å². The molecule has 2 N–H and O–H groups in total. The zero-order valence-electron chi connectivity index (χ0n) is 33.9. The van der Waals surface area contributed by atoms with Gasteiger partial charge in [-0.3, -0.25) is 39.2 Å². The molecule has 1 unspecified atom stereocenters. The number of benzene rings is 2. The first-order valence-electron chi connectivity index (χ1n) is 20.5. The van der Waals surface area contributed by atoms with Crippen LogP contribution in [0, 0.1) is 24.4 Å². The summed E-state index contributed by atoms with van der Waals surface area (Å²) in [5, 5.41) is 5.21. The second-order valence-electron chi connectivity index (χ2n) is 16.3. The van der Waals surface area contributed by atoms with Crippen molar-refractivity contribution in [2.24, 2.45) is 0 Å². The minimum atomic E-state index is -1.15. The van der Waals surface area contributed by atoms with Crippen LogP contribution in [0.25, 0.3) is 22.3 Å².